The zero-order valence-electron chi connectivity index (χ0n) is 13.1. The van der Waals surface area contributed by atoms with Gasteiger partial charge in [-0.1, -0.05) is 58.4 Å². The molecule has 0 unspecified atom stereocenters. The van der Waals surface area contributed by atoms with Crippen LogP contribution in [0.3, 0.4) is 0 Å². The highest BCUT2D eigenvalue weighted by Gasteiger charge is 2.17. The second-order valence-corrected chi connectivity index (χ2v) is 6.42. The van der Waals surface area contributed by atoms with Crippen molar-refractivity contribution in [3.63, 3.8) is 0 Å². The normalized spacial score (nSPS) is 10.9. The number of aromatic amines is 1. The fourth-order valence-corrected chi connectivity index (χ4v) is 3.31. The summed E-state index contributed by atoms with van der Waals surface area (Å²) in [7, 11) is 1.64. The molecule has 3 nitrogen and oxygen atoms in total. The van der Waals surface area contributed by atoms with Crippen LogP contribution in [0, 0.1) is 0 Å². The number of benzene rings is 2. The molecule has 24 heavy (non-hydrogen) atoms. The molecule has 2 aromatic carbocycles. The lowest BCUT2D eigenvalue weighted by Crippen LogP contribution is -1.87. The summed E-state index contributed by atoms with van der Waals surface area (Å²) in [6.45, 7) is 0. The minimum Gasteiger partial charge on any atom is -0.481 e. The van der Waals surface area contributed by atoms with Crippen LogP contribution in [-0.4, -0.2) is 17.1 Å². The van der Waals surface area contributed by atoms with Crippen LogP contribution < -0.4 is 4.74 Å². The largest absolute Gasteiger partial charge is 0.481 e. The Bertz CT molecular complexity index is 1010. The number of pyridine rings is 1. The molecule has 0 bridgehead atoms. The lowest BCUT2D eigenvalue weighted by molar-refractivity contribution is 0.399. The van der Waals surface area contributed by atoms with E-state index in [1.807, 2.05) is 42.5 Å². The first-order valence-corrected chi connectivity index (χ1v) is 8.43. The van der Waals surface area contributed by atoms with Crippen molar-refractivity contribution in [2.24, 2.45) is 0 Å². The van der Waals surface area contributed by atoms with Gasteiger partial charge in [-0.15, -0.1) is 0 Å². The molecule has 118 valence electrons. The van der Waals surface area contributed by atoms with Crippen LogP contribution in [0.15, 0.2) is 71.2 Å². The molecule has 4 heteroatoms. The highest BCUT2D eigenvalue weighted by molar-refractivity contribution is 9.10. The number of methoxy groups -OCH3 is 1. The van der Waals surface area contributed by atoms with E-state index in [4.69, 9.17) is 4.74 Å². The number of H-pyrrole nitrogens is 1. The molecule has 0 aliphatic rings. The third-order valence-electron chi connectivity index (χ3n) is 4.00. The Labute approximate surface area is 148 Å². The molecule has 2 aromatic heterocycles. The predicted molar refractivity (Wildman–Crippen MR) is 101 cm³/mol. The van der Waals surface area contributed by atoms with E-state index in [0.717, 1.165) is 37.9 Å². The number of halogens is 1. The van der Waals surface area contributed by atoms with E-state index in [9.17, 15) is 0 Å². The van der Waals surface area contributed by atoms with E-state index in [2.05, 4.69) is 50.2 Å². The Morgan fingerprint density at radius 3 is 2.46 bits per heavy atom. The van der Waals surface area contributed by atoms with Gasteiger partial charge in [-0.2, -0.15) is 0 Å². The average Bonchev–Trinajstić information content (AvgIpc) is 3.01. The van der Waals surface area contributed by atoms with Crippen LogP contribution in [0.1, 0.15) is 0 Å². The van der Waals surface area contributed by atoms with Gasteiger partial charge in [-0.25, -0.2) is 4.98 Å². The lowest BCUT2D eigenvalue weighted by atomic mass is 10.0. The van der Waals surface area contributed by atoms with Gasteiger partial charge in [0, 0.05) is 16.1 Å². The maximum absolute atomic E-state index is 5.31. The monoisotopic (exact) mass is 378 g/mol. The van der Waals surface area contributed by atoms with Crippen LogP contribution in [0.25, 0.3) is 33.4 Å². The summed E-state index contributed by atoms with van der Waals surface area (Å²) < 4.78 is 6.36. The van der Waals surface area contributed by atoms with E-state index < -0.39 is 0 Å². The molecular weight excluding hydrogens is 364 g/mol. The van der Waals surface area contributed by atoms with Crippen molar-refractivity contribution >= 4 is 27.0 Å². The Morgan fingerprint density at radius 2 is 1.71 bits per heavy atom. The Kier molecular flexibility index (Phi) is 3.82. The van der Waals surface area contributed by atoms with Crippen molar-refractivity contribution in [2.75, 3.05) is 7.11 Å². The summed E-state index contributed by atoms with van der Waals surface area (Å²) in [6, 6.07) is 22.4. The maximum Gasteiger partial charge on any atom is 0.213 e. The molecule has 2 heterocycles. The van der Waals surface area contributed by atoms with Crippen molar-refractivity contribution in [1.82, 2.24) is 9.97 Å². The number of nitrogens with one attached hydrogen (secondary N) is 1. The number of hydrogen-bond acceptors (Lipinski definition) is 2. The molecule has 0 saturated carbocycles. The van der Waals surface area contributed by atoms with Gasteiger partial charge in [0.1, 0.15) is 5.52 Å². The van der Waals surface area contributed by atoms with E-state index >= 15 is 0 Å². The van der Waals surface area contributed by atoms with Crippen LogP contribution >= 0.6 is 15.9 Å². The molecule has 0 aliphatic carbocycles. The van der Waals surface area contributed by atoms with Gasteiger partial charge in [-0.05, 0) is 29.3 Å². The number of aromatic nitrogens is 2. The molecule has 0 aliphatic heterocycles. The third-order valence-corrected chi connectivity index (χ3v) is 4.49. The fraction of sp³-hybridized carbons (Fsp3) is 0.0500. The van der Waals surface area contributed by atoms with Gasteiger partial charge >= 0.3 is 0 Å². The second kappa shape index (κ2) is 6.13. The summed E-state index contributed by atoms with van der Waals surface area (Å²) in [6.07, 6.45) is 0. The quantitative estimate of drug-likeness (QED) is 0.498. The van der Waals surface area contributed by atoms with Crippen molar-refractivity contribution in [1.29, 1.82) is 0 Å². The summed E-state index contributed by atoms with van der Waals surface area (Å²) in [5.41, 5.74) is 6.28. The molecule has 0 spiro atoms. The molecule has 4 aromatic rings. The fourth-order valence-electron chi connectivity index (χ4n) is 2.91. The minimum atomic E-state index is 0.611. The molecule has 0 saturated heterocycles. The highest BCUT2D eigenvalue weighted by Crippen LogP contribution is 2.38. The topological polar surface area (TPSA) is 37.9 Å². The highest BCUT2D eigenvalue weighted by atomic mass is 79.9. The van der Waals surface area contributed by atoms with E-state index in [0.29, 0.717) is 5.88 Å². The minimum absolute atomic E-state index is 0.611. The Morgan fingerprint density at radius 1 is 0.917 bits per heavy atom. The first-order valence-electron chi connectivity index (χ1n) is 7.64. The van der Waals surface area contributed by atoms with Crippen LogP contribution in [-0.2, 0) is 0 Å². The summed E-state index contributed by atoms with van der Waals surface area (Å²) >= 11 is 3.56. The zero-order valence-corrected chi connectivity index (χ0v) is 14.7. The van der Waals surface area contributed by atoms with E-state index in [1.165, 1.54) is 0 Å². The number of fused-ring (bicyclic) bond motifs is 1. The van der Waals surface area contributed by atoms with Gasteiger partial charge in [0.05, 0.1) is 18.3 Å². The van der Waals surface area contributed by atoms with Gasteiger partial charge in [-0.3, -0.25) is 0 Å². The SMILES string of the molecule is COc1ccc2[nH]c(-c3cccc(Br)c3)c(-c3ccccc3)c2n1. The van der Waals surface area contributed by atoms with Crippen molar-refractivity contribution < 1.29 is 4.74 Å². The van der Waals surface area contributed by atoms with Crippen molar-refractivity contribution in [2.45, 2.75) is 0 Å². The average molecular weight is 379 g/mol. The number of ether oxygens (including phenoxy) is 1. The number of nitrogens with zero attached hydrogens (tertiary/aromatic N) is 1. The third kappa shape index (κ3) is 2.59. The number of hydrogen-bond donors (Lipinski definition) is 1. The standard InChI is InChI=1S/C20H15BrN2O/c1-24-17-11-10-16-20(23-17)18(13-6-3-2-4-7-13)19(22-16)14-8-5-9-15(21)12-14/h2-12,22H,1H3. The van der Waals surface area contributed by atoms with Crippen LogP contribution in [0.2, 0.25) is 0 Å². The molecule has 0 radical (unpaired) electrons. The van der Waals surface area contributed by atoms with Crippen LogP contribution in [0.5, 0.6) is 5.88 Å². The second-order valence-electron chi connectivity index (χ2n) is 5.50. The van der Waals surface area contributed by atoms with Gasteiger partial charge in [0.2, 0.25) is 5.88 Å². The molecule has 4 rings (SSSR count). The molecule has 0 fully saturated rings. The molecule has 0 atom stereocenters. The molecule has 0 amide bonds. The first kappa shape index (κ1) is 15.0. The Hall–Kier alpha value is -2.59. The van der Waals surface area contributed by atoms with Gasteiger partial charge in [0.25, 0.3) is 0 Å². The van der Waals surface area contributed by atoms with E-state index in [-0.39, 0.29) is 0 Å². The van der Waals surface area contributed by atoms with Crippen LogP contribution in [0.4, 0.5) is 0 Å². The van der Waals surface area contributed by atoms with Crippen molar-refractivity contribution in [3.05, 3.63) is 71.2 Å². The summed E-state index contributed by atoms with van der Waals surface area (Å²) in [4.78, 5) is 8.19. The Balaban J connectivity index is 2.06. The first-order chi connectivity index (χ1) is 11.8. The predicted octanol–water partition coefficient (Wildman–Crippen LogP) is 5.67. The molecular formula is C20H15BrN2O. The summed E-state index contributed by atoms with van der Waals surface area (Å²) in [5.74, 6) is 0.611. The van der Waals surface area contributed by atoms with Gasteiger partial charge < -0.3 is 9.72 Å². The maximum atomic E-state index is 5.31. The zero-order chi connectivity index (χ0) is 16.5. The number of rotatable bonds is 3. The van der Waals surface area contributed by atoms with Crippen molar-refractivity contribution in [3.8, 4) is 28.3 Å². The summed E-state index contributed by atoms with van der Waals surface area (Å²) in [5, 5.41) is 0. The smallest absolute Gasteiger partial charge is 0.213 e. The molecule has 1 N–H and O–H groups in total. The van der Waals surface area contributed by atoms with Gasteiger partial charge in [0.15, 0.2) is 0 Å². The van der Waals surface area contributed by atoms with E-state index in [1.54, 1.807) is 7.11 Å². The lowest BCUT2D eigenvalue weighted by Gasteiger charge is -2.06.